The lowest BCUT2D eigenvalue weighted by Gasteiger charge is -2.04. The van der Waals surface area contributed by atoms with Crippen LogP contribution in [-0.4, -0.2) is 6.29 Å². The molecule has 0 saturated heterocycles. The fraction of sp³-hybridized carbons (Fsp3) is 0.947. The minimum Gasteiger partial charge on any atom is -0.291 e. The van der Waals surface area contributed by atoms with Crippen molar-refractivity contribution in [2.75, 3.05) is 0 Å². The van der Waals surface area contributed by atoms with Gasteiger partial charge in [-0.2, -0.15) is 0 Å². The van der Waals surface area contributed by atoms with Crippen LogP contribution in [0, 0.1) is 5.92 Å². The minimum atomic E-state index is 0.146. The Hall–Kier alpha value is -0.330. The molecular weight excluding hydrogens is 244 g/mol. The highest BCUT2D eigenvalue weighted by atomic mass is 16.1. The van der Waals surface area contributed by atoms with Gasteiger partial charge in [0, 0.05) is 5.92 Å². The van der Waals surface area contributed by atoms with Crippen molar-refractivity contribution in [1.29, 1.82) is 0 Å². The molecule has 0 aromatic carbocycles. The molecule has 0 aliphatic carbocycles. The molecule has 0 aliphatic heterocycles. The molecule has 1 unspecified atom stereocenters. The largest absolute Gasteiger partial charge is 0.291 e. The van der Waals surface area contributed by atoms with Gasteiger partial charge in [-0.05, 0) is 6.42 Å². The Kier molecular flexibility index (Phi) is 16.4. The number of carbonyl (C=O) groups excluding carboxylic acids is 1. The molecule has 0 saturated carbocycles. The summed E-state index contributed by atoms with van der Waals surface area (Å²) in [7, 11) is 0. The minimum absolute atomic E-state index is 0.146. The summed E-state index contributed by atoms with van der Waals surface area (Å²) in [6.45, 7) is 4.25. The maximum absolute atomic E-state index is 10.3. The quantitative estimate of drug-likeness (QED) is 0.291. The Morgan fingerprint density at radius 1 is 0.650 bits per heavy atom. The predicted octanol–water partition coefficient (Wildman–Crippen LogP) is 6.60. The summed E-state index contributed by atoms with van der Waals surface area (Å²) in [5.41, 5.74) is 0. The first-order chi connectivity index (χ1) is 9.81. The number of hydrogen-bond donors (Lipinski definition) is 0. The van der Waals surface area contributed by atoms with E-state index >= 15 is 0 Å². The second-order valence-electron chi connectivity index (χ2n) is 6.40. The molecule has 1 nitrogen and oxygen atoms in total. The maximum atomic E-state index is 10.3. The highest BCUT2D eigenvalue weighted by Gasteiger charge is 1.99. The van der Waals surface area contributed by atoms with Crippen LogP contribution in [0.1, 0.15) is 110 Å². The summed E-state index contributed by atoms with van der Waals surface area (Å²) in [6.07, 6.45) is 22.6. The highest BCUT2D eigenvalue weighted by molar-refractivity contribution is 5.53. The molecule has 0 amide bonds. The molecule has 119 valence electrons. The first kappa shape index (κ1) is 19.7. The van der Waals surface area contributed by atoms with Crippen molar-refractivity contribution in [3.05, 3.63) is 0 Å². The van der Waals surface area contributed by atoms with Crippen LogP contribution in [0.3, 0.4) is 0 Å². The van der Waals surface area contributed by atoms with Crippen LogP contribution < -0.4 is 0 Å². The fourth-order valence-corrected chi connectivity index (χ4v) is 2.70. The number of unbranched alkanes of at least 4 members (excludes halogenated alkanes) is 13. The average Bonchev–Trinajstić information content (AvgIpc) is 2.47. The van der Waals surface area contributed by atoms with Crippen LogP contribution in [0.4, 0.5) is 0 Å². The summed E-state index contributed by atoms with van der Waals surface area (Å²) in [5, 5.41) is 0. The van der Waals surface area contributed by atoms with Gasteiger partial charge in [0.25, 0.3) is 0 Å². The third kappa shape index (κ3) is 15.7. The van der Waals surface area contributed by atoms with E-state index in [0.717, 1.165) is 6.42 Å². The second-order valence-corrected chi connectivity index (χ2v) is 6.40. The van der Waals surface area contributed by atoms with Crippen molar-refractivity contribution in [2.24, 2.45) is 5.92 Å². The van der Waals surface area contributed by atoms with Gasteiger partial charge in [0.1, 0.15) is 0 Å². The zero-order chi connectivity index (χ0) is 14.9. The fourth-order valence-electron chi connectivity index (χ4n) is 2.70. The topological polar surface area (TPSA) is 17.1 Å². The van der Waals surface area contributed by atoms with E-state index in [1.54, 1.807) is 0 Å². The van der Waals surface area contributed by atoms with Gasteiger partial charge < -0.3 is 0 Å². The number of hydrogen-bond acceptors (Lipinski definition) is 1. The lowest BCUT2D eigenvalue weighted by molar-refractivity contribution is 0.497. The zero-order valence-corrected chi connectivity index (χ0v) is 14.1. The Balaban J connectivity index is 2.97. The molecule has 1 radical (unpaired) electrons. The molecule has 0 fully saturated rings. The van der Waals surface area contributed by atoms with Crippen LogP contribution in [-0.2, 0) is 4.79 Å². The summed E-state index contributed by atoms with van der Waals surface area (Å²) in [5.74, 6) is 0.146. The first-order valence-corrected chi connectivity index (χ1v) is 9.19. The van der Waals surface area contributed by atoms with Crippen molar-refractivity contribution < 1.29 is 4.79 Å². The van der Waals surface area contributed by atoms with Crippen LogP contribution in [0.25, 0.3) is 0 Å². The molecule has 0 bridgehead atoms. The Labute approximate surface area is 127 Å². The average molecular weight is 282 g/mol. The van der Waals surface area contributed by atoms with Crippen molar-refractivity contribution >= 4 is 6.29 Å². The van der Waals surface area contributed by atoms with Gasteiger partial charge in [0.2, 0.25) is 6.29 Å². The monoisotopic (exact) mass is 281 g/mol. The molecule has 0 aliphatic rings. The first-order valence-electron chi connectivity index (χ1n) is 9.19. The molecule has 0 aromatic heterocycles. The summed E-state index contributed by atoms with van der Waals surface area (Å²) < 4.78 is 0. The van der Waals surface area contributed by atoms with Crippen molar-refractivity contribution in [2.45, 2.75) is 110 Å². The van der Waals surface area contributed by atoms with E-state index in [4.69, 9.17) is 0 Å². The van der Waals surface area contributed by atoms with Gasteiger partial charge in [-0.25, -0.2) is 0 Å². The van der Waals surface area contributed by atoms with Gasteiger partial charge in [-0.3, -0.25) is 4.79 Å². The Morgan fingerprint density at radius 2 is 1.00 bits per heavy atom. The summed E-state index contributed by atoms with van der Waals surface area (Å²) in [4.78, 5) is 10.3. The van der Waals surface area contributed by atoms with Crippen molar-refractivity contribution in [3.8, 4) is 0 Å². The van der Waals surface area contributed by atoms with Crippen LogP contribution in [0.2, 0.25) is 0 Å². The Morgan fingerprint density at radius 3 is 1.35 bits per heavy atom. The summed E-state index contributed by atoms with van der Waals surface area (Å²) in [6, 6.07) is 0. The van der Waals surface area contributed by atoms with Crippen LogP contribution >= 0.6 is 0 Å². The summed E-state index contributed by atoms with van der Waals surface area (Å²) >= 11 is 0. The molecule has 0 aromatic rings. The molecule has 0 spiro atoms. The van der Waals surface area contributed by atoms with Gasteiger partial charge >= 0.3 is 0 Å². The standard InChI is InChI=1S/C19H37O/c1-3-4-5-6-7-8-9-10-11-12-13-14-15-16-17-19(2)18-20/h19H,3-17H2,1-2H3. The predicted molar refractivity (Wildman–Crippen MR) is 89.8 cm³/mol. The molecule has 1 heteroatoms. The SMILES string of the molecule is CCCCCCCCCCCCCCCCC(C)[C]=O. The molecule has 0 N–H and O–H groups in total. The Bertz CT molecular complexity index is 188. The zero-order valence-electron chi connectivity index (χ0n) is 14.1. The van der Waals surface area contributed by atoms with Gasteiger partial charge in [-0.1, -0.05) is 104 Å². The van der Waals surface area contributed by atoms with Crippen molar-refractivity contribution in [1.82, 2.24) is 0 Å². The van der Waals surface area contributed by atoms with Crippen molar-refractivity contribution in [3.63, 3.8) is 0 Å². The van der Waals surface area contributed by atoms with Gasteiger partial charge in [-0.15, -0.1) is 0 Å². The number of rotatable bonds is 16. The lowest BCUT2D eigenvalue weighted by atomic mass is 10.0. The third-order valence-electron chi connectivity index (χ3n) is 4.19. The molecular formula is C19H37O. The van der Waals surface area contributed by atoms with E-state index < -0.39 is 0 Å². The smallest absolute Gasteiger partial charge is 0.201 e. The maximum Gasteiger partial charge on any atom is 0.201 e. The lowest BCUT2D eigenvalue weighted by Crippen LogP contribution is -1.94. The van der Waals surface area contributed by atoms with E-state index in [1.165, 1.54) is 89.9 Å². The van der Waals surface area contributed by atoms with Gasteiger partial charge in [0.15, 0.2) is 0 Å². The second kappa shape index (κ2) is 16.7. The highest BCUT2D eigenvalue weighted by Crippen LogP contribution is 2.14. The normalized spacial score (nSPS) is 12.5. The molecule has 20 heavy (non-hydrogen) atoms. The van der Waals surface area contributed by atoms with E-state index in [9.17, 15) is 4.79 Å². The van der Waals surface area contributed by atoms with Gasteiger partial charge in [0.05, 0.1) is 0 Å². The van der Waals surface area contributed by atoms with E-state index in [2.05, 4.69) is 13.2 Å². The molecule has 0 heterocycles. The molecule has 0 rings (SSSR count). The van der Waals surface area contributed by atoms with E-state index in [-0.39, 0.29) is 5.92 Å². The van der Waals surface area contributed by atoms with E-state index in [1.807, 2.05) is 6.92 Å². The van der Waals surface area contributed by atoms with E-state index in [0.29, 0.717) is 0 Å². The third-order valence-corrected chi connectivity index (χ3v) is 4.19. The van der Waals surface area contributed by atoms with Crippen LogP contribution in [0.5, 0.6) is 0 Å². The van der Waals surface area contributed by atoms with Crippen LogP contribution in [0.15, 0.2) is 0 Å². The molecule has 1 atom stereocenters.